The number of carbonyl (C=O) groups is 1. The van der Waals surface area contributed by atoms with Crippen LogP contribution in [0.25, 0.3) is 0 Å². The lowest BCUT2D eigenvalue weighted by Gasteiger charge is -2.57. The molecule has 150 valence electrons. The zero-order chi connectivity index (χ0) is 19.4. The number of carbonyl (C=O) groups excluding carboxylic acids is 1. The van der Waals surface area contributed by atoms with Crippen molar-refractivity contribution >= 4 is 11.9 Å². The van der Waals surface area contributed by atoms with Crippen LogP contribution in [0.5, 0.6) is 0 Å². The van der Waals surface area contributed by atoms with E-state index in [0.29, 0.717) is 31.3 Å². The number of likely N-dealkylation sites (tertiary alicyclic amines) is 1. The molecule has 2 saturated carbocycles. The average Bonchev–Trinajstić information content (AvgIpc) is 3.56. The van der Waals surface area contributed by atoms with Crippen LogP contribution < -0.4 is 5.32 Å². The van der Waals surface area contributed by atoms with E-state index in [1.807, 2.05) is 4.90 Å². The molecule has 2 aliphatic heterocycles. The number of hydrogen-bond acceptors (Lipinski definition) is 5. The summed E-state index contributed by atoms with van der Waals surface area (Å²) in [7, 11) is 0. The largest absolute Gasteiger partial charge is 0.376 e. The zero-order valence-corrected chi connectivity index (χ0v) is 16.6. The number of aromatic nitrogens is 2. The van der Waals surface area contributed by atoms with Gasteiger partial charge in [0, 0.05) is 25.5 Å². The van der Waals surface area contributed by atoms with E-state index < -0.39 is 0 Å². The molecule has 1 N–H and O–H groups in total. The first kappa shape index (κ1) is 17.4. The minimum atomic E-state index is -0.0557. The molecule has 1 amide bonds. The number of hydrogen-bond donors (Lipinski definition) is 1. The van der Waals surface area contributed by atoms with Crippen molar-refractivity contribution < 1.29 is 9.53 Å². The van der Waals surface area contributed by atoms with Crippen molar-refractivity contribution in [1.82, 2.24) is 14.9 Å². The van der Waals surface area contributed by atoms with E-state index in [1.165, 1.54) is 42.4 Å². The number of nitrogens with one attached hydrogen (secondary N) is 1. The summed E-state index contributed by atoms with van der Waals surface area (Å²) in [6.07, 6.45) is 9.60. The zero-order valence-electron chi connectivity index (χ0n) is 16.6. The summed E-state index contributed by atoms with van der Waals surface area (Å²) in [4.78, 5) is 23.4. The van der Waals surface area contributed by atoms with Gasteiger partial charge in [0.05, 0.1) is 24.3 Å². The predicted molar refractivity (Wildman–Crippen MR) is 109 cm³/mol. The van der Waals surface area contributed by atoms with E-state index in [-0.39, 0.29) is 11.4 Å². The Morgan fingerprint density at radius 3 is 2.21 bits per heavy atom. The van der Waals surface area contributed by atoms with E-state index in [9.17, 15) is 4.79 Å². The minimum absolute atomic E-state index is 0.0114. The molecule has 1 spiro atoms. The molecular formula is C23H26N4O2. The van der Waals surface area contributed by atoms with Gasteiger partial charge < -0.3 is 15.0 Å². The topological polar surface area (TPSA) is 67.4 Å². The van der Waals surface area contributed by atoms with Gasteiger partial charge in [-0.05, 0) is 60.6 Å². The Hall–Kier alpha value is -2.47. The molecule has 0 atom stereocenters. The van der Waals surface area contributed by atoms with Gasteiger partial charge in [-0.3, -0.25) is 4.79 Å². The SMILES string of the molecule is O=C(c1cnc(NCc2cc(C3CC3)cc(C3CC3)c2)nc1)N1CCC12COC2. The first-order valence-electron chi connectivity index (χ1n) is 10.8. The summed E-state index contributed by atoms with van der Waals surface area (Å²) in [6, 6.07) is 7.09. The van der Waals surface area contributed by atoms with Gasteiger partial charge in [-0.2, -0.15) is 0 Å². The maximum absolute atomic E-state index is 12.7. The van der Waals surface area contributed by atoms with E-state index >= 15 is 0 Å². The van der Waals surface area contributed by atoms with Crippen LogP contribution in [0.4, 0.5) is 5.95 Å². The van der Waals surface area contributed by atoms with Gasteiger partial charge in [0.1, 0.15) is 0 Å². The van der Waals surface area contributed by atoms with Crippen molar-refractivity contribution in [3.05, 3.63) is 52.8 Å². The molecular weight excluding hydrogens is 364 g/mol. The normalized spacial score (nSPS) is 22.1. The Kier molecular flexibility index (Phi) is 3.91. The second-order valence-corrected chi connectivity index (χ2v) is 9.13. The van der Waals surface area contributed by atoms with Gasteiger partial charge in [-0.1, -0.05) is 18.2 Å². The van der Waals surface area contributed by atoms with Gasteiger partial charge in [0.25, 0.3) is 5.91 Å². The molecule has 29 heavy (non-hydrogen) atoms. The Bertz CT molecular complexity index is 910. The molecule has 6 heteroatoms. The molecule has 2 saturated heterocycles. The monoisotopic (exact) mass is 390 g/mol. The Morgan fingerprint density at radius 1 is 1.07 bits per heavy atom. The highest BCUT2D eigenvalue weighted by molar-refractivity contribution is 5.95. The van der Waals surface area contributed by atoms with Crippen LogP contribution in [0.1, 0.15) is 71.0 Å². The fraction of sp³-hybridized carbons (Fsp3) is 0.522. The Balaban J connectivity index is 1.12. The summed E-state index contributed by atoms with van der Waals surface area (Å²) in [6.45, 7) is 2.81. The highest BCUT2D eigenvalue weighted by Crippen LogP contribution is 2.45. The fourth-order valence-corrected chi connectivity index (χ4v) is 4.51. The third-order valence-electron chi connectivity index (χ3n) is 6.84. The maximum Gasteiger partial charge on any atom is 0.257 e. The van der Waals surface area contributed by atoms with Crippen LogP contribution in [-0.2, 0) is 11.3 Å². The van der Waals surface area contributed by atoms with E-state index in [1.54, 1.807) is 12.4 Å². The van der Waals surface area contributed by atoms with E-state index in [2.05, 4.69) is 33.5 Å². The van der Waals surface area contributed by atoms with Crippen molar-refractivity contribution in [3.8, 4) is 0 Å². The number of nitrogens with zero attached hydrogens (tertiary/aromatic N) is 3. The third kappa shape index (κ3) is 3.19. The smallest absolute Gasteiger partial charge is 0.257 e. The van der Waals surface area contributed by atoms with E-state index in [4.69, 9.17) is 4.74 Å². The van der Waals surface area contributed by atoms with Gasteiger partial charge in [0.2, 0.25) is 5.95 Å². The first-order valence-corrected chi connectivity index (χ1v) is 10.8. The van der Waals surface area contributed by atoms with Crippen molar-refractivity contribution in [3.63, 3.8) is 0 Å². The second-order valence-electron chi connectivity index (χ2n) is 9.13. The van der Waals surface area contributed by atoms with Crippen molar-refractivity contribution in [2.24, 2.45) is 0 Å². The van der Waals surface area contributed by atoms with Crippen molar-refractivity contribution in [1.29, 1.82) is 0 Å². The molecule has 2 aliphatic carbocycles. The van der Waals surface area contributed by atoms with Crippen LogP contribution in [-0.4, -0.2) is 46.1 Å². The standard InChI is InChI=1S/C23H26N4O2/c28-21(27-6-5-23(27)13-29-14-23)20-11-25-22(26-12-20)24-10-15-7-18(16-1-2-16)9-19(8-15)17-3-4-17/h7-9,11-12,16-17H,1-6,10,13-14H2,(H,24,25,26). The van der Waals surface area contributed by atoms with Crippen LogP contribution >= 0.6 is 0 Å². The van der Waals surface area contributed by atoms with E-state index in [0.717, 1.165) is 24.8 Å². The van der Waals surface area contributed by atoms with Crippen LogP contribution in [0, 0.1) is 0 Å². The molecule has 6 nitrogen and oxygen atoms in total. The molecule has 0 unspecified atom stereocenters. The highest BCUT2D eigenvalue weighted by Gasteiger charge is 2.53. The van der Waals surface area contributed by atoms with Gasteiger partial charge in [-0.25, -0.2) is 9.97 Å². The number of anilines is 1. The predicted octanol–water partition coefficient (Wildman–Crippen LogP) is 3.46. The van der Waals surface area contributed by atoms with Crippen LogP contribution in [0.15, 0.2) is 30.6 Å². The minimum Gasteiger partial charge on any atom is -0.376 e. The lowest BCUT2D eigenvalue weighted by molar-refractivity contribution is -0.172. The number of benzene rings is 1. The van der Waals surface area contributed by atoms with Crippen molar-refractivity contribution in [2.45, 2.75) is 56.0 Å². The molecule has 2 aromatic rings. The Morgan fingerprint density at radius 2 is 1.72 bits per heavy atom. The lowest BCUT2D eigenvalue weighted by atomic mass is 9.82. The van der Waals surface area contributed by atoms with Gasteiger partial charge in [0.15, 0.2) is 0 Å². The number of ether oxygens (including phenoxy) is 1. The maximum atomic E-state index is 12.7. The van der Waals surface area contributed by atoms with Crippen LogP contribution in [0.3, 0.4) is 0 Å². The summed E-state index contributed by atoms with van der Waals surface area (Å²) in [5, 5.41) is 3.33. The second kappa shape index (κ2) is 6.52. The number of rotatable bonds is 6. The highest BCUT2D eigenvalue weighted by atomic mass is 16.5. The van der Waals surface area contributed by atoms with Gasteiger partial charge in [-0.15, -0.1) is 0 Å². The Labute approximate surface area is 170 Å². The average molecular weight is 390 g/mol. The summed E-state index contributed by atoms with van der Waals surface area (Å²) in [5.74, 6) is 2.11. The van der Waals surface area contributed by atoms with Gasteiger partial charge >= 0.3 is 0 Å². The van der Waals surface area contributed by atoms with Crippen LogP contribution in [0.2, 0.25) is 0 Å². The number of amides is 1. The molecule has 0 radical (unpaired) electrons. The lowest BCUT2D eigenvalue weighted by Crippen LogP contribution is -2.72. The third-order valence-corrected chi connectivity index (χ3v) is 6.84. The molecule has 0 bridgehead atoms. The molecule has 6 rings (SSSR count). The molecule has 4 aliphatic rings. The molecule has 4 fully saturated rings. The van der Waals surface area contributed by atoms with Crippen molar-refractivity contribution in [2.75, 3.05) is 25.1 Å². The molecule has 1 aromatic heterocycles. The summed E-state index contributed by atoms with van der Waals surface area (Å²) >= 11 is 0. The molecule has 1 aromatic carbocycles. The first-order chi connectivity index (χ1) is 14.2. The summed E-state index contributed by atoms with van der Waals surface area (Å²) in [5.41, 5.74) is 4.79. The fourth-order valence-electron chi connectivity index (χ4n) is 4.51. The molecule has 3 heterocycles. The summed E-state index contributed by atoms with van der Waals surface area (Å²) < 4.78 is 5.31. The quantitative estimate of drug-likeness (QED) is 0.818.